The predicted octanol–water partition coefficient (Wildman–Crippen LogP) is 3.76. The number of alkyl halides is 1. The van der Waals surface area contributed by atoms with Gasteiger partial charge < -0.3 is 4.74 Å². The maximum absolute atomic E-state index is 5.11. The van der Waals surface area contributed by atoms with Crippen molar-refractivity contribution in [1.29, 1.82) is 0 Å². The van der Waals surface area contributed by atoms with Crippen molar-refractivity contribution in [3.63, 3.8) is 0 Å². The number of hydrogen-bond donors (Lipinski definition) is 0. The molecule has 0 radical (unpaired) electrons. The molecule has 0 N–H and O–H groups in total. The van der Waals surface area contributed by atoms with Gasteiger partial charge in [-0.25, -0.2) is 0 Å². The Morgan fingerprint density at radius 3 is 2.23 bits per heavy atom. The second-order valence-corrected chi connectivity index (χ2v) is 5.66. The Morgan fingerprint density at radius 2 is 1.85 bits per heavy atom. The highest BCUT2D eigenvalue weighted by Crippen LogP contribution is 2.35. The zero-order valence-electron chi connectivity index (χ0n) is 8.30. The molecule has 72 valence electrons. The Balaban J connectivity index is 2.92. The van der Waals surface area contributed by atoms with Gasteiger partial charge in [0.15, 0.2) is 0 Å². The van der Waals surface area contributed by atoms with E-state index in [1.54, 1.807) is 7.11 Å². The van der Waals surface area contributed by atoms with Crippen LogP contribution in [0.25, 0.3) is 0 Å². The Morgan fingerprint density at radius 1 is 1.31 bits per heavy atom. The van der Waals surface area contributed by atoms with Crippen LogP contribution in [-0.4, -0.2) is 7.11 Å². The molecule has 0 aromatic heterocycles. The maximum atomic E-state index is 5.11. The van der Waals surface area contributed by atoms with Crippen molar-refractivity contribution >= 4 is 22.6 Å². The van der Waals surface area contributed by atoms with E-state index in [4.69, 9.17) is 4.74 Å². The van der Waals surface area contributed by atoms with Crippen molar-refractivity contribution < 1.29 is 4.74 Å². The van der Waals surface area contributed by atoms with Crippen LogP contribution in [0.2, 0.25) is 0 Å². The molecule has 0 bridgehead atoms. The summed E-state index contributed by atoms with van der Waals surface area (Å²) in [4.78, 5) is 0. The molecule has 0 aliphatic heterocycles. The van der Waals surface area contributed by atoms with Crippen LogP contribution in [0.1, 0.15) is 25.8 Å². The number of hydrogen-bond acceptors (Lipinski definition) is 1. The van der Waals surface area contributed by atoms with Crippen LogP contribution in [0.3, 0.4) is 0 Å². The van der Waals surface area contributed by atoms with E-state index in [0.717, 1.165) is 12.2 Å². The molecule has 1 atom stereocenters. The molecule has 0 aliphatic rings. The Kier molecular flexibility index (Phi) is 3.59. The summed E-state index contributed by atoms with van der Waals surface area (Å²) in [6.07, 6.45) is 1.14. The van der Waals surface area contributed by atoms with Gasteiger partial charge in [0.25, 0.3) is 0 Å². The van der Waals surface area contributed by atoms with E-state index in [-0.39, 0.29) is 3.42 Å². The minimum absolute atomic E-state index is 0.240. The van der Waals surface area contributed by atoms with E-state index >= 15 is 0 Å². The molecule has 1 unspecified atom stereocenters. The first-order chi connectivity index (χ1) is 6.10. The summed E-state index contributed by atoms with van der Waals surface area (Å²) in [5.41, 5.74) is 1.36. The van der Waals surface area contributed by atoms with E-state index in [2.05, 4.69) is 48.6 Å². The average molecular weight is 290 g/mol. The minimum atomic E-state index is 0.240. The molecule has 1 nitrogen and oxygen atoms in total. The van der Waals surface area contributed by atoms with E-state index in [1.807, 2.05) is 12.1 Å². The summed E-state index contributed by atoms with van der Waals surface area (Å²) >= 11 is 2.49. The third-order valence-electron chi connectivity index (χ3n) is 2.36. The number of benzene rings is 1. The fourth-order valence-electron chi connectivity index (χ4n) is 1.14. The lowest BCUT2D eigenvalue weighted by atomic mass is 9.99. The molecule has 0 saturated carbocycles. The summed E-state index contributed by atoms with van der Waals surface area (Å²) < 4.78 is 5.35. The number of ether oxygens (including phenoxy) is 1. The van der Waals surface area contributed by atoms with Crippen molar-refractivity contribution in [2.24, 2.45) is 0 Å². The van der Waals surface area contributed by atoms with Crippen LogP contribution in [0, 0.1) is 0 Å². The molecule has 0 heterocycles. The predicted molar refractivity (Wildman–Crippen MR) is 64.7 cm³/mol. The summed E-state index contributed by atoms with van der Waals surface area (Å²) in [6, 6.07) is 8.30. The summed E-state index contributed by atoms with van der Waals surface area (Å²) in [7, 11) is 1.69. The summed E-state index contributed by atoms with van der Waals surface area (Å²) in [5, 5.41) is 0. The highest BCUT2D eigenvalue weighted by Gasteiger charge is 2.19. The fraction of sp³-hybridized carbons (Fsp3) is 0.455. The fourth-order valence-corrected chi connectivity index (χ4v) is 1.50. The largest absolute Gasteiger partial charge is 0.497 e. The van der Waals surface area contributed by atoms with Gasteiger partial charge in [0.1, 0.15) is 5.75 Å². The van der Waals surface area contributed by atoms with Gasteiger partial charge >= 0.3 is 0 Å². The monoisotopic (exact) mass is 290 g/mol. The zero-order valence-corrected chi connectivity index (χ0v) is 10.5. The van der Waals surface area contributed by atoms with E-state index in [0.29, 0.717) is 0 Å². The van der Waals surface area contributed by atoms with Crippen molar-refractivity contribution in [1.82, 2.24) is 0 Å². The van der Waals surface area contributed by atoms with Crippen LogP contribution in [-0.2, 0) is 3.42 Å². The highest BCUT2D eigenvalue weighted by molar-refractivity contribution is 14.1. The van der Waals surface area contributed by atoms with Gasteiger partial charge in [-0.2, -0.15) is 0 Å². The van der Waals surface area contributed by atoms with Crippen molar-refractivity contribution in [3.8, 4) is 5.75 Å². The molecular weight excluding hydrogens is 275 g/mol. The molecular formula is C11H15IO. The lowest BCUT2D eigenvalue weighted by molar-refractivity contribution is 0.414. The molecule has 2 heteroatoms. The van der Waals surface area contributed by atoms with Gasteiger partial charge in [0.05, 0.1) is 7.11 Å². The molecule has 1 rings (SSSR count). The smallest absolute Gasteiger partial charge is 0.118 e. The number of halogens is 1. The van der Waals surface area contributed by atoms with Gasteiger partial charge in [0, 0.05) is 3.42 Å². The van der Waals surface area contributed by atoms with Gasteiger partial charge in [-0.3, -0.25) is 0 Å². The molecule has 0 aliphatic carbocycles. The van der Waals surface area contributed by atoms with Crippen LogP contribution >= 0.6 is 22.6 Å². The number of methoxy groups -OCH3 is 1. The standard InChI is InChI=1S/C11H15IO/c1-4-11(2,12)9-5-7-10(13-3)8-6-9/h5-8H,4H2,1-3H3. The van der Waals surface area contributed by atoms with Crippen LogP contribution in [0.15, 0.2) is 24.3 Å². The van der Waals surface area contributed by atoms with Crippen LogP contribution in [0.5, 0.6) is 5.75 Å². The molecule has 1 aromatic carbocycles. The minimum Gasteiger partial charge on any atom is -0.497 e. The van der Waals surface area contributed by atoms with E-state index < -0.39 is 0 Å². The SMILES string of the molecule is CCC(C)(I)c1ccc(OC)cc1. The second kappa shape index (κ2) is 4.31. The first kappa shape index (κ1) is 10.8. The normalized spacial score (nSPS) is 15.1. The summed E-state index contributed by atoms with van der Waals surface area (Å²) in [6.45, 7) is 4.45. The number of rotatable bonds is 3. The van der Waals surface area contributed by atoms with Crippen molar-refractivity contribution in [2.45, 2.75) is 23.7 Å². The van der Waals surface area contributed by atoms with Gasteiger partial charge in [-0.05, 0) is 31.0 Å². The van der Waals surface area contributed by atoms with Crippen molar-refractivity contribution in [2.75, 3.05) is 7.11 Å². The molecule has 0 fully saturated rings. The van der Waals surface area contributed by atoms with Crippen molar-refractivity contribution in [3.05, 3.63) is 29.8 Å². The third-order valence-corrected chi connectivity index (χ3v) is 3.74. The van der Waals surface area contributed by atoms with E-state index in [9.17, 15) is 0 Å². The lowest BCUT2D eigenvalue weighted by Crippen LogP contribution is -2.10. The quantitative estimate of drug-likeness (QED) is 0.608. The maximum Gasteiger partial charge on any atom is 0.118 e. The molecule has 1 aromatic rings. The lowest BCUT2D eigenvalue weighted by Gasteiger charge is -2.21. The molecule has 0 saturated heterocycles. The molecule has 0 amide bonds. The first-order valence-electron chi connectivity index (χ1n) is 4.43. The third kappa shape index (κ3) is 2.59. The Bertz CT molecular complexity index is 264. The highest BCUT2D eigenvalue weighted by atomic mass is 127. The van der Waals surface area contributed by atoms with Crippen LogP contribution in [0.4, 0.5) is 0 Å². The van der Waals surface area contributed by atoms with Gasteiger partial charge in [0.2, 0.25) is 0 Å². The summed E-state index contributed by atoms with van der Waals surface area (Å²) in [5.74, 6) is 0.923. The molecule has 0 spiro atoms. The van der Waals surface area contributed by atoms with Crippen LogP contribution < -0.4 is 4.74 Å². The van der Waals surface area contributed by atoms with Gasteiger partial charge in [-0.15, -0.1) is 0 Å². The average Bonchev–Trinajstić information content (AvgIpc) is 2.18. The first-order valence-corrected chi connectivity index (χ1v) is 5.51. The van der Waals surface area contributed by atoms with E-state index in [1.165, 1.54) is 5.56 Å². The molecule has 13 heavy (non-hydrogen) atoms. The topological polar surface area (TPSA) is 9.23 Å². The Labute approximate surface area is 93.6 Å². The Hall–Kier alpha value is -0.250. The second-order valence-electron chi connectivity index (χ2n) is 3.28. The van der Waals surface area contributed by atoms with Gasteiger partial charge in [-0.1, -0.05) is 41.6 Å². The zero-order chi connectivity index (χ0) is 9.90.